The Morgan fingerprint density at radius 2 is 2.16 bits per heavy atom. The van der Waals surface area contributed by atoms with E-state index < -0.39 is 0 Å². The van der Waals surface area contributed by atoms with Gasteiger partial charge in [0.15, 0.2) is 5.16 Å². The van der Waals surface area contributed by atoms with Crippen molar-refractivity contribution in [1.82, 2.24) is 9.97 Å². The molecule has 1 aliphatic carbocycles. The van der Waals surface area contributed by atoms with Gasteiger partial charge in [0.25, 0.3) is 5.56 Å². The molecule has 3 rings (SSSR count). The van der Waals surface area contributed by atoms with Gasteiger partial charge in [0.2, 0.25) is 11.8 Å². The number of anilines is 1. The summed E-state index contributed by atoms with van der Waals surface area (Å²) >= 11 is 1.09. The Balaban J connectivity index is 1.60. The largest absolute Gasteiger partial charge is 0.493 e. The van der Waals surface area contributed by atoms with Crippen molar-refractivity contribution in [3.63, 3.8) is 0 Å². The van der Waals surface area contributed by atoms with Gasteiger partial charge in [-0.3, -0.25) is 9.59 Å². The summed E-state index contributed by atoms with van der Waals surface area (Å²) in [5.74, 6) is -0.332. The van der Waals surface area contributed by atoms with Gasteiger partial charge in [-0.05, 0) is 48.9 Å². The van der Waals surface area contributed by atoms with E-state index >= 15 is 0 Å². The van der Waals surface area contributed by atoms with E-state index in [1.807, 2.05) is 19.1 Å². The maximum atomic E-state index is 12.1. The SMILES string of the molecule is CCCc1c(O)nc(SCC(=O)Nc2ccc3c(c2)CCC3)[nH]c1=O. The van der Waals surface area contributed by atoms with E-state index in [1.54, 1.807) is 0 Å². The van der Waals surface area contributed by atoms with Crippen molar-refractivity contribution in [2.45, 2.75) is 44.2 Å². The molecule has 2 aromatic rings. The highest BCUT2D eigenvalue weighted by molar-refractivity contribution is 7.99. The molecular weight excluding hydrogens is 338 g/mol. The summed E-state index contributed by atoms with van der Waals surface area (Å²) in [7, 11) is 0. The van der Waals surface area contributed by atoms with E-state index in [1.165, 1.54) is 17.5 Å². The summed E-state index contributed by atoms with van der Waals surface area (Å²) in [6, 6.07) is 6.00. The second-order valence-electron chi connectivity index (χ2n) is 6.10. The van der Waals surface area contributed by atoms with E-state index in [9.17, 15) is 14.7 Å². The first kappa shape index (κ1) is 17.5. The Hall–Kier alpha value is -2.28. The van der Waals surface area contributed by atoms with Gasteiger partial charge in [0, 0.05) is 5.69 Å². The molecule has 1 heterocycles. The van der Waals surface area contributed by atoms with Crippen molar-refractivity contribution in [2.24, 2.45) is 0 Å². The lowest BCUT2D eigenvalue weighted by atomic mass is 10.1. The monoisotopic (exact) mass is 359 g/mol. The van der Waals surface area contributed by atoms with Crippen LogP contribution in [0, 0.1) is 0 Å². The van der Waals surface area contributed by atoms with Crippen LogP contribution in [0.5, 0.6) is 5.88 Å². The number of aromatic amines is 1. The van der Waals surface area contributed by atoms with Gasteiger partial charge < -0.3 is 15.4 Å². The molecule has 25 heavy (non-hydrogen) atoms. The van der Waals surface area contributed by atoms with Crippen LogP contribution < -0.4 is 10.9 Å². The van der Waals surface area contributed by atoms with Gasteiger partial charge in [-0.25, -0.2) is 0 Å². The van der Waals surface area contributed by atoms with E-state index in [-0.39, 0.29) is 33.8 Å². The van der Waals surface area contributed by atoms with Crippen molar-refractivity contribution >= 4 is 23.4 Å². The van der Waals surface area contributed by atoms with Gasteiger partial charge in [-0.1, -0.05) is 31.2 Å². The summed E-state index contributed by atoms with van der Waals surface area (Å²) in [6.07, 6.45) is 4.54. The first-order chi connectivity index (χ1) is 12.1. The summed E-state index contributed by atoms with van der Waals surface area (Å²) in [6.45, 7) is 1.92. The standard InChI is InChI=1S/C18H21N3O3S/c1-2-4-14-16(23)20-18(21-17(14)24)25-10-15(22)19-13-8-7-11-5-3-6-12(11)9-13/h7-9H,2-6,10H2,1H3,(H,19,22)(H2,20,21,23,24). The van der Waals surface area contributed by atoms with Crippen molar-refractivity contribution < 1.29 is 9.90 Å². The fraction of sp³-hybridized carbons (Fsp3) is 0.389. The van der Waals surface area contributed by atoms with E-state index in [2.05, 4.69) is 21.4 Å². The van der Waals surface area contributed by atoms with Crippen molar-refractivity contribution in [1.29, 1.82) is 0 Å². The molecule has 0 saturated carbocycles. The first-order valence-corrected chi connectivity index (χ1v) is 9.42. The van der Waals surface area contributed by atoms with Crippen LogP contribution in [-0.4, -0.2) is 26.7 Å². The quantitative estimate of drug-likeness (QED) is 0.544. The fourth-order valence-electron chi connectivity index (χ4n) is 2.99. The molecule has 7 heteroatoms. The predicted molar refractivity (Wildman–Crippen MR) is 98.3 cm³/mol. The number of aryl methyl sites for hydroxylation is 2. The third kappa shape index (κ3) is 4.22. The maximum Gasteiger partial charge on any atom is 0.258 e. The number of carbonyl (C=O) groups is 1. The molecule has 0 atom stereocenters. The number of H-pyrrole nitrogens is 1. The van der Waals surface area contributed by atoms with Crippen molar-refractivity contribution in [3.8, 4) is 5.88 Å². The Morgan fingerprint density at radius 1 is 1.36 bits per heavy atom. The number of nitrogens with one attached hydrogen (secondary N) is 2. The van der Waals surface area contributed by atoms with Crippen LogP contribution in [0.2, 0.25) is 0 Å². The van der Waals surface area contributed by atoms with E-state index in [0.29, 0.717) is 6.42 Å². The molecule has 6 nitrogen and oxygen atoms in total. The average molecular weight is 359 g/mol. The molecule has 0 fully saturated rings. The number of thioether (sulfide) groups is 1. The average Bonchev–Trinajstić information content (AvgIpc) is 3.04. The molecule has 1 aromatic carbocycles. The molecule has 0 spiro atoms. The number of fused-ring (bicyclic) bond motifs is 1. The van der Waals surface area contributed by atoms with Gasteiger partial charge >= 0.3 is 0 Å². The number of aromatic nitrogens is 2. The molecule has 0 saturated heterocycles. The van der Waals surface area contributed by atoms with Gasteiger partial charge in [0.05, 0.1) is 11.3 Å². The number of amides is 1. The topological polar surface area (TPSA) is 95.1 Å². The Morgan fingerprint density at radius 3 is 2.92 bits per heavy atom. The lowest BCUT2D eigenvalue weighted by Gasteiger charge is -2.08. The van der Waals surface area contributed by atoms with Crippen LogP contribution >= 0.6 is 11.8 Å². The normalized spacial score (nSPS) is 12.8. The van der Waals surface area contributed by atoms with Gasteiger partial charge in [-0.2, -0.15) is 4.98 Å². The van der Waals surface area contributed by atoms with E-state index in [0.717, 1.165) is 36.7 Å². The molecule has 0 radical (unpaired) electrons. The minimum atomic E-state index is -0.351. The zero-order valence-corrected chi connectivity index (χ0v) is 14.9. The smallest absolute Gasteiger partial charge is 0.258 e. The second kappa shape index (κ2) is 7.74. The molecule has 1 aliphatic rings. The van der Waals surface area contributed by atoms with Crippen molar-refractivity contribution in [3.05, 3.63) is 45.2 Å². The van der Waals surface area contributed by atoms with Gasteiger partial charge in [0.1, 0.15) is 0 Å². The first-order valence-electron chi connectivity index (χ1n) is 8.43. The highest BCUT2D eigenvalue weighted by Crippen LogP contribution is 2.25. The summed E-state index contributed by atoms with van der Waals surface area (Å²) < 4.78 is 0. The Labute approximate surface area is 150 Å². The Kier molecular flexibility index (Phi) is 5.43. The number of hydrogen-bond acceptors (Lipinski definition) is 5. The maximum absolute atomic E-state index is 12.1. The second-order valence-corrected chi connectivity index (χ2v) is 7.06. The van der Waals surface area contributed by atoms with Crippen LogP contribution in [-0.2, 0) is 24.1 Å². The number of benzene rings is 1. The molecule has 0 unspecified atom stereocenters. The molecule has 132 valence electrons. The van der Waals surface area contributed by atoms with Gasteiger partial charge in [-0.15, -0.1) is 0 Å². The van der Waals surface area contributed by atoms with Crippen LogP contribution in [0.3, 0.4) is 0 Å². The van der Waals surface area contributed by atoms with Crippen LogP contribution in [0.1, 0.15) is 36.5 Å². The highest BCUT2D eigenvalue weighted by atomic mass is 32.2. The summed E-state index contributed by atoms with van der Waals surface area (Å²) in [4.78, 5) is 30.6. The molecular formula is C18H21N3O3S. The molecule has 3 N–H and O–H groups in total. The van der Waals surface area contributed by atoms with Crippen molar-refractivity contribution in [2.75, 3.05) is 11.1 Å². The third-order valence-electron chi connectivity index (χ3n) is 4.19. The number of carbonyl (C=O) groups excluding carboxylic acids is 1. The number of hydrogen-bond donors (Lipinski definition) is 3. The molecule has 1 aromatic heterocycles. The molecule has 0 aliphatic heterocycles. The zero-order valence-electron chi connectivity index (χ0n) is 14.1. The number of aromatic hydroxyl groups is 1. The highest BCUT2D eigenvalue weighted by Gasteiger charge is 2.13. The number of rotatable bonds is 6. The molecule has 0 bridgehead atoms. The Bertz CT molecular complexity index is 848. The van der Waals surface area contributed by atoms with Crippen LogP contribution in [0.15, 0.2) is 28.2 Å². The minimum Gasteiger partial charge on any atom is -0.493 e. The predicted octanol–water partition coefficient (Wildman–Crippen LogP) is 2.65. The van der Waals surface area contributed by atoms with Crippen LogP contribution in [0.25, 0.3) is 0 Å². The van der Waals surface area contributed by atoms with E-state index in [4.69, 9.17) is 0 Å². The summed E-state index contributed by atoms with van der Waals surface area (Å²) in [5, 5.41) is 13.0. The van der Waals surface area contributed by atoms with Crippen LogP contribution in [0.4, 0.5) is 5.69 Å². The lowest BCUT2D eigenvalue weighted by molar-refractivity contribution is -0.113. The number of nitrogens with zero attached hydrogens (tertiary/aromatic N) is 1. The molecule has 1 amide bonds. The fourth-order valence-corrected chi connectivity index (χ4v) is 3.65. The minimum absolute atomic E-state index is 0.104. The third-order valence-corrected chi connectivity index (χ3v) is 5.07. The zero-order chi connectivity index (χ0) is 17.8. The lowest BCUT2D eigenvalue weighted by Crippen LogP contribution is -2.17. The summed E-state index contributed by atoms with van der Waals surface area (Å²) in [5.41, 5.74) is 3.38.